The maximum atomic E-state index is 13.1. The van der Waals surface area contributed by atoms with Gasteiger partial charge < -0.3 is 10.6 Å². The summed E-state index contributed by atoms with van der Waals surface area (Å²) in [5.41, 5.74) is 1.42. The normalized spacial score (nSPS) is 21.3. The Morgan fingerprint density at radius 2 is 1.68 bits per heavy atom. The lowest BCUT2D eigenvalue weighted by atomic mass is 10.2. The number of sulfone groups is 2. The predicted molar refractivity (Wildman–Crippen MR) is 107 cm³/mol. The lowest BCUT2D eigenvalue weighted by Gasteiger charge is -2.20. The van der Waals surface area contributed by atoms with E-state index in [2.05, 4.69) is 10.6 Å². The van der Waals surface area contributed by atoms with Gasteiger partial charge in [-0.05, 0) is 29.8 Å². The Balaban J connectivity index is 1.82. The molecule has 1 fully saturated rings. The van der Waals surface area contributed by atoms with Crippen LogP contribution in [0.15, 0.2) is 59.5 Å². The van der Waals surface area contributed by atoms with Crippen LogP contribution < -0.4 is 10.6 Å². The Morgan fingerprint density at radius 3 is 2.29 bits per heavy atom. The Kier molecular flexibility index (Phi) is 5.87. The van der Waals surface area contributed by atoms with Crippen LogP contribution in [0, 0.1) is 0 Å². The molecule has 7 nitrogen and oxygen atoms in total. The molecule has 0 unspecified atom stereocenters. The van der Waals surface area contributed by atoms with E-state index in [1.807, 2.05) is 30.3 Å². The number of carbonyl (C=O) groups is 1. The average Bonchev–Trinajstić information content (AvgIpc) is 2.96. The molecule has 0 radical (unpaired) electrons. The molecule has 2 atom stereocenters. The summed E-state index contributed by atoms with van der Waals surface area (Å²) in [5.74, 6) is -0.883. The van der Waals surface area contributed by atoms with Crippen molar-refractivity contribution in [1.29, 1.82) is 0 Å². The van der Waals surface area contributed by atoms with Gasteiger partial charge >= 0.3 is 0 Å². The largest absolute Gasteiger partial charge is 0.326 e. The molecule has 0 aliphatic carbocycles. The number of hydrogen-bond acceptors (Lipinski definition) is 6. The van der Waals surface area contributed by atoms with Gasteiger partial charge in [-0.1, -0.05) is 30.3 Å². The summed E-state index contributed by atoms with van der Waals surface area (Å²) >= 11 is 0. The van der Waals surface area contributed by atoms with Crippen LogP contribution in [0.1, 0.15) is 12.5 Å². The Hall–Kier alpha value is -2.23. The van der Waals surface area contributed by atoms with Crippen LogP contribution in [0.2, 0.25) is 0 Å². The van der Waals surface area contributed by atoms with Gasteiger partial charge in [0.05, 0.1) is 21.7 Å². The second-order valence-electron chi connectivity index (χ2n) is 6.84. The van der Waals surface area contributed by atoms with Gasteiger partial charge in [-0.25, -0.2) is 16.8 Å². The Bertz CT molecular complexity index is 1050. The van der Waals surface area contributed by atoms with Crippen molar-refractivity contribution < 1.29 is 21.6 Å². The lowest BCUT2D eigenvalue weighted by molar-refractivity contribution is -0.114. The number of hydrogen-bond donors (Lipinski definition) is 2. The van der Waals surface area contributed by atoms with Crippen LogP contribution >= 0.6 is 0 Å². The van der Waals surface area contributed by atoms with Gasteiger partial charge in [-0.2, -0.15) is 0 Å². The van der Waals surface area contributed by atoms with Gasteiger partial charge in [0.2, 0.25) is 5.91 Å². The quantitative estimate of drug-likeness (QED) is 0.728. The van der Waals surface area contributed by atoms with Gasteiger partial charge in [-0.15, -0.1) is 0 Å². The van der Waals surface area contributed by atoms with Crippen LogP contribution in [0.25, 0.3) is 0 Å². The second-order valence-corrected chi connectivity index (χ2v) is 11.2. The number of benzene rings is 2. The summed E-state index contributed by atoms with van der Waals surface area (Å²) in [6.07, 6.45) is 0. The Morgan fingerprint density at radius 1 is 1.04 bits per heavy atom. The van der Waals surface area contributed by atoms with Crippen molar-refractivity contribution in [3.8, 4) is 0 Å². The third-order valence-electron chi connectivity index (χ3n) is 4.61. The molecule has 9 heteroatoms. The number of rotatable bonds is 6. The van der Waals surface area contributed by atoms with E-state index in [1.54, 1.807) is 0 Å². The minimum Gasteiger partial charge on any atom is -0.326 e. The lowest BCUT2D eigenvalue weighted by Crippen LogP contribution is -2.43. The summed E-state index contributed by atoms with van der Waals surface area (Å²) in [6.45, 7) is 1.74. The van der Waals surface area contributed by atoms with Crippen molar-refractivity contribution >= 4 is 31.3 Å². The molecule has 0 saturated carbocycles. The highest BCUT2D eigenvalue weighted by Gasteiger charge is 2.45. The third kappa shape index (κ3) is 4.78. The minimum absolute atomic E-state index is 0.0372. The SMILES string of the molecule is CC(=O)Nc1ccc(S(=O)(=O)[C@H]2CS(=O)(=O)C[C@@H]2NCc2ccccc2)cc1. The Labute approximate surface area is 165 Å². The van der Waals surface area contributed by atoms with E-state index >= 15 is 0 Å². The first-order valence-corrected chi connectivity index (χ1v) is 12.1. The molecular weight excluding hydrogens is 400 g/mol. The fourth-order valence-corrected chi connectivity index (χ4v) is 7.98. The molecule has 1 aliphatic heterocycles. The van der Waals surface area contributed by atoms with Crippen LogP contribution in [0.5, 0.6) is 0 Å². The van der Waals surface area contributed by atoms with Gasteiger partial charge in [0.15, 0.2) is 19.7 Å². The maximum absolute atomic E-state index is 13.1. The van der Waals surface area contributed by atoms with Crippen LogP contribution in [-0.4, -0.2) is 45.5 Å². The number of amides is 1. The van der Waals surface area contributed by atoms with Gasteiger partial charge in [0, 0.05) is 25.2 Å². The highest BCUT2D eigenvalue weighted by atomic mass is 32.2. The molecule has 1 amide bonds. The van der Waals surface area contributed by atoms with Crippen molar-refractivity contribution in [2.75, 3.05) is 16.8 Å². The molecule has 2 aromatic carbocycles. The number of nitrogens with one attached hydrogen (secondary N) is 2. The van der Waals surface area contributed by atoms with Crippen LogP contribution in [0.4, 0.5) is 5.69 Å². The topological polar surface area (TPSA) is 109 Å². The summed E-state index contributed by atoms with van der Waals surface area (Å²) < 4.78 is 50.5. The third-order valence-corrected chi connectivity index (χ3v) is 8.78. The summed E-state index contributed by atoms with van der Waals surface area (Å²) in [7, 11) is -7.33. The minimum atomic E-state index is -3.86. The molecule has 0 spiro atoms. The molecule has 1 saturated heterocycles. The molecular formula is C19H22N2O5S2. The van der Waals surface area contributed by atoms with E-state index in [9.17, 15) is 21.6 Å². The summed E-state index contributed by atoms with van der Waals surface area (Å²) in [6, 6.07) is 14.5. The smallest absolute Gasteiger partial charge is 0.221 e. The second kappa shape index (κ2) is 8.02. The first-order chi connectivity index (χ1) is 13.2. The molecule has 28 heavy (non-hydrogen) atoms. The van der Waals surface area contributed by atoms with Crippen molar-refractivity contribution in [2.24, 2.45) is 0 Å². The van der Waals surface area contributed by atoms with E-state index in [4.69, 9.17) is 0 Å². The molecule has 1 heterocycles. The van der Waals surface area contributed by atoms with E-state index < -0.39 is 36.7 Å². The highest BCUT2D eigenvalue weighted by Crippen LogP contribution is 2.27. The molecule has 1 aliphatic rings. The number of anilines is 1. The van der Waals surface area contributed by atoms with Crippen LogP contribution in [-0.2, 0) is 31.0 Å². The predicted octanol–water partition coefficient (Wildman–Crippen LogP) is 1.37. The maximum Gasteiger partial charge on any atom is 0.221 e. The molecule has 2 aromatic rings. The van der Waals surface area contributed by atoms with Gasteiger partial charge in [0.25, 0.3) is 0 Å². The fourth-order valence-electron chi connectivity index (χ4n) is 3.26. The van der Waals surface area contributed by atoms with Crippen molar-refractivity contribution in [3.05, 3.63) is 60.2 Å². The van der Waals surface area contributed by atoms with Gasteiger partial charge in [0.1, 0.15) is 0 Å². The monoisotopic (exact) mass is 422 g/mol. The standard InChI is InChI=1S/C19H22N2O5S2/c1-14(22)21-16-7-9-17(10-8-16)28(25,26)19-13-27(23,24)12-18(19)20-11-15-5-3-2-4-6-15/h2-10,18-20H,11-13H2,1H3,(H,21,22)/t18-,19-/m0/s1. The summed E-state index contributed by atoms with van der Waals surface area (Å²) in [5, 5.41) is 4.61. The molecule has 3 rings (SSSR count). The van der Waals surface area contributed by atoms with E-state index in [1.165, 1.54) is 31.2 Å². The first kappa shape index (κ1) is 20.5. The average molecular weight is 423 g/mol. The van der Waals surface area contributed by atoms with Crippen molar-refractivity contribution in [3.63, 3.8) is 0 Å². The zero-order valence-electron chi connectivity index (χ0n) is 15.3. The van der Waals surface area contributed by atoms with Crippen molar-refractivity contribution in [1.82, 2.24) is 5.32 Å². The number of carbonyl (C=O) groups excluding carboxylic acids is 1. The van der Waals surface area contributed by atoms with E-state index in [0.717, 1.165) is 5.56 Å². The van der Waals surface area contributed by atoms with Crippen molar-refractivity contribution in [2.45, 2.75) is 29.7 Å². The molecule has 0 aromatic heterocycles. The first-order valence-electron chi connectivity index (χ1n) is 8.77. The van der Waals surface area contributed by atoms with E-state index in [0.29, 0.717) is 12.2 Å². The molecule has 2 N–H and O–H groups in total. The van der Waals surface area contributed by atoms with E-state index in [-0.39, 0.29) is 16.6 Å². The van der Waals surface area contributed by atoms with Crippen LogP contribution in [0.3, 0.4) is 0 Å². The zero-order valence-corrected chi connectivity index (χ0v) is 17.0. The molecule has 0 bridgehead atoms. The van der Waals surface area contributed by atoms with Gasteiger partial charge in [-0.3, -0.25) is 4.79 Å². The molecule has 150 valence electrons. The fraction of sp³-hybridized carbons (Fsp3) is 0.316. The summed E-state index contributed by atoms with van der Waals surface area (Å²) in [4.78, 5) is 11.1. The highest BCUT2D eigenvalue weighted by molar-refractivity contribution is 7.96. The zero-order chi connectivity index (χ0) is 20.4.